The van der Waals surface area contributed by atoms with Crippen molar-refractivity contribution >= 4 is 69.4 Å². The number of imidazole rings is 5. The molecule has 0 unspecified atom stereocenters. The molecule has 0 spiro atoms. The summed E-state index contributed by atoms with van der Waals surface area (Å²) in [7, 11) is 0. The summed E-state index contributed by atoms with van der Waals surface area (Å²) < 4.78 is 75.0. The number of pyridine rings is 15. The van der Waals surface area contributed by atoms with E-state index in [-0.39, 0.29) is 46.2 Å². The lowest BCUT2D eigenvalue weighted by Crippen LogP contribution is -2.10. The molecule has 30 nitrogen and oxygen atoms in total. The minimum atomic E-state index is -4.55. The lowest BCUT2D eigenvalue weighted by atomic mass is 10.0. The van der Waals surface area contributed by atoms with E-state index in [0.717, 1.165) is 90.4 Å². The summed E-state index contributed by atoms with van der Waals surface area (Å²) in [6.07, 6.45) is 21.4. The first-order chi connectivity index (χ1) is 63.6. The Morgan fingerprint density at radius 3 is 0.841 bits per heavy atom. The molecule has 0 aliphatic rings. The molecule has 0 saturated carbocycles. The fraction of sp³-hybridized carbons (Fsp3) is 0.0722. The lowest BCUT2D eigenvalue weighted by molar-refractivity contribution is -0.141. The minimum Gasteiger partial charge on any atom is -0.364 e. The standard InChI is InChI=1S/C20H16FN5O.C20H17N5O.C19H12F3N5O.C19H14FN5O.C19H15N5O/c1-12-16(21)6-7-17(23-12)20-15(4-3-9-22-20)14-5-8-19-25-18(24-13(2)27)11-26(19)10-14;1-13-5-3-7-17(22-13)20-16(6-4-10-21-20)15-8-9-19-24-18(23-14(2)26)12-25(19)11-15;20-19(21,22)15-5-1-4-13(25-15)17-12(3-2-8-24-17)11-6-7-16-26-14(18(23)28)10-27(16)9-11;1-11-14(20)5-6-15(23-11)18-13(3-2-8-22-18)12-4-7-17-24-16(19(21)26)10-25(17)9-12;1-12-4-2-6-15(22-12)18-14(5-3-9-21-18)13-7-8-17-23-16(19(20)25)11-24(17)10-13/h3-11H,1-2H3,(H,24,27);3-12H,1-2H3,(H,23,26);1-10H,(H2,23,28);2-10H,1H3,(H2,21,26);2-11H,1H3,(H2,20,25). The Morgan fingerprint density at radius 1 is 0.295 bits per heavy atom. The van der Waals surface area contributed by atoms with Crippen molar-refractivity contribution < 1.29 is 45.9 Å². The number of hydrogen-bond donors (Lipinski definition) is 5. The van der Waals surface area contributed by atoms with Gasteiger partial charge in [-0.25, -0.2) is 48.7 Å². The van der Waals surface area contributed by atoms with Gasteiger partial charge in [0.2, 0.25) is 11.8 Å². The fourth-order valence-electron chi connectivity index (χ4n) is 14.2. The molecule has 132 heavy (non-hydrogen) atoms. The molecule has 0 aliphatic carbocycles. The molecule has 0 saturated heterocycles. The van der Waals surface area contributed by atoms with Gasteiger partial charge in [-0.15, -0.1) is 0 Å². The van der Waals surface area contributed by atoms with Gasteiger partial charge in [0.15, 0.2) is 11.6 Å². The maximum atomic E-state index is 13.6. The Morgan fingerprint density at radius 2 is 0.568 bits per heavy atom. The Labute approximate surface area is 746 Å². The molecule has 20 aromatic rings. The second-order valence-corrected chi connectivity index (χ2v) is 29.8. The fourth-order valence-corrected chi connectivity index (χ4v) is 14.2. The first-order valence-corrected chi connectivity index (χ1v) is 40.4. The minimum absolute atomic E-state index is 0.106. The number of carbonyl (C=O) groups excluding carboxylic acids is 5. The van der Waals surface area contributed by atoms with Gasteiger partial charge >= 0.3 is 6.18 Å². The van der Waals surface area contributed by atoms with Gasteiger partial charge in [-0.05, 0) is 179 Å². The highest BCUT2D eigenvalue weighted by Gasteiger charge is 2.33. The van der Waals surface area contributed by atoms with Crippen molar-refractivity contribution in [3.63, 3.8) is 0 Å². The molecule has 0 aromatic carbocycles. The highest BCUT2D eigenvalue weighted by Crippen LogP contribution is 2.38. The van der Waals surface area contributed by atoms with Crippen molar-refractivity contribution in [2.24, 2.45) is 17.2 Å². The molecule has 0 atom stereocenters. The summed E-state index contributed by atoms with van der Waals surface area (Å²) >= 11 is 0. The Hall–Kier alpha value is -18.1. The van der Waals surface area contributed by atoms with Gasteiger partial charge in [-0.3, -0.25) is 58.9 Å². The van der Waals surface area contributed by atoms with Gasteiger partial charge < -0.3 is 49.8 Å². The number of nitrogens with two attached hydrogens (primary N) is 3. The maximum absolute atomic E-state index is 13.6. The number of aromatic nitrogens is 20. The average molecular weight is 1760 g/mol. The zero-order valence-corrected chi connectivity index (χ0v) is 70.8. The molecule has 0 aliphatic heterocycles. The van der Waals surface area contributed by atoms with Crippen molar-refractivity contribution in [3.05, 3.63) is 350 Å². The van der Waals surface area contributed by atoms with Crippen LogP contribution >= 0.6 is 0 Å². The number of alkyl halides is 3. The molecule has 652 valence electrons. The molecular weight excluding hydrogens is 1690 g/mol. The summed E-state index contributed by atoms with van der Waals surface area (Å²) in [5.74, 6) is -1.78. The van der Waals surface area contributed by atoms with E-state index in [4.69, 9.17) is 17.2 Å². The number of nitrogens with one attached hydrogen (secondary N) is 2. The van der Waals surface area contributed by atoms with Crippen LogP contribution in [0.3, 0.4) is 0 Å². The van der Waals surface area contributed by atoms with Crippen LogP contribution in [0.25, 0.3) is 141 Å². The van der Waals surface area contributed by atoms with Crippen molar-refractivity contribution in [2.75, 3.05) is 10.6 Å². The van der Waals surface area contributed by atoms with E-state index in [1.807, 2.05) is 175 Å². The van der Waals surface area contributed by atoms with Crippen LogP contribution in [-0.2, 0) is 15.8 Å². The highest BCUT2D eigenvalue weighted by molar-refractivity contribution is 5.94. The molecule has 0 radical (unpaired) electrons. The number of amides is 5. The van der Waals surface area contributed by atoms with Gasteiger partial charge in [-0.2, -0.15) is 13.2 Å². The molecular formula is C97H74F5N25O5. The normalized spacial score (nSPS) is 11.1. The predicted octanol–water partition coefficient (Wildman–Crippen LogP) is 17.0. The third-order valence-corrected chi connectivity index (χ3v) is 20.3. The number of carbonyl (C=O) groups is 5. The number of hydrogen-bond acceptors (Lipinski definition) is 20. The van der Waals surface area contributed by atoms with Crippen LogP contribution in [0.15, 0.2) is 293 Å². The van der Waals surface area contributed by atoms with E-state index >= 15 is 0 Å². The van der Waals surface area contributed by atoms with E-state index in [0.29, 0.717) is 85.2 Å². The van der Waals surface area contributed by atoms with E-state index in [1.165, 1.54) is 50.5 Å². The zero-order chi connectivity index (χ0) is 92.6. The SMILES string of the molecule is CC(=O)Nc1cn2cc(-c3cccnc3-c3ccc(F)c(C)n3)ccc2n1.CC(=O)Nc1cn2cc(-c3cccnc3-c3cccc(C)n3)ccc2n1.Cc1cccc(-c2ncccc2-c2ccc3nc(C(N)=O)cn3c2)n1.Cc1nc(-c2ncccc2-c2ccc3nc(C(N)=O)cn3c2)ccc1F.NC(=O)c1cn2cc(-c3cccnc3-c3cccc(C(F)(F)F)n3)ccc2n1. The summed E-state index contributed by atoms with van der Waals surface area (Å²) in [6, 6.07) is 58.8. The number of aryl methyl sites for hydroxylation is 4. The topological polar surface area (TPSA) is 403 Å². The Balaban J connectivity index is 0.000000120. The first kappa shape index (κ1) is 87.4. The van der Waals surface area contributed by atoms with Gasteiger partial charge in [0, 0.05) is 161 Å². The number of primary amides is 3. The lowest BCUT2D eigenvalue weighted by Gasteiger charge is -2.11. The average Bonchev–Trinajstić information content (AvgIpc) is 1.63. The molecule has 20 aromatic heterocycles. The number of halogens is 5. The van der Waals surface area contributed by atoms with Crippen LogP contribution in [0, 0.1) is 39.3 Å². The molecule has 8 N–H and O–H groups in total. The summed E-state index contributed by atoms with van der Waals surface area (Å²) in [5, 5.41) is 5.38. The second kappa shape index (κ2) is 37.6. The molecule has 5 amide bonds. The summed E-state index contributed by atoms with van der Waals surface area (Å²) in [4.78, 5) is 121. The summed E-state index contributed by atoms with van der Waals surface area (Å²) in [5.41, 5.74) is 36.0. The zero-order valence-electron chi connectivity index (χ0n) is 70.8. The number of rotatable bonds is 15. The first-order valence-electron chi connectivity index (χ1n) is 40.4. The van der Waals surface area contributed by atoms with Crippen molar-refractivity contribution in [3.8, 4) is 113 Å². The van der Waals surface area contributed by atoms with Crippen LogP contribution in [0.4, 0.5) is 33.6 Å². The maximum Gasteiger partial charge on any atom is 0.433 e. The number of fused-ring (bicyclic) bond motifs is 5. The second-order valence-electron chi connectivity index (χ2n) is 29.8. The molecule has 0 fully saturated rings. The molecule has 0 bridgehead atoms. The van der Waals surface area contributed by atoms with Crippen LogP contribution in [0.2, 0.25) is 0 Å². The monoisotopic (exact) mass is 1760 g/mol. The highest BCUT2D eigenvalue weighted by atomic mass is 19.4. The molecule has 20 rings (SSSR count). The smallest absolute Gasteiger partial charge is 0.364 e. The number of anilines is 2. The van der Waals surface area contributed by atoms with Gasteiger partial charge in [0.1, 0.15) is 62.6 Å². The van der Waals surface area contributed by atoms with Gasteiger partial charge in [0.05, 0.1) is 80.7 Å². The van der Waals surface area contributed by atoms with E-state index in [2.05, 4.69) is 85.4 Å². The van der Waals surface area contributed by atoms with Crippen LogP contribution < -0.4 is 27.8 Å². The third kappa shape index (κ3) is 19.8. The predicted molar refractivity (Wildman–Crippen MR) is 486 cm³/mol. The summed E-state index contributed by atoms with van der Waals surface area (Å²) in [6.45, 7) is 10.1. The van der Waals surface area contributed by atoms with E-state index in [1.54, 1.807) is 125 Å². The van der Waals surface area contributed by atoms with Crippen molar-refractivity contribution in [1.82, 2.24) is 96.8 Å². The van der Waals surface area contributed by atoms with E-state index < -0.39 is 29.6 Å². The molecule has 20 heterocycles. The van der Waals surface area contributed by atoms with Crippen LogP contribution in [0.1, 0.15) is 73.8 Å². The Bertz CT molecular complexity index is 7860. The van der Waals surface area contributed by atoms with Crippen LogP contribution in [0.5, 0.6) is 0 Å². The third-order valence-electron chi connectivity index (χ3n) is 20.3. The van der Waals surface area contributed by atoms with E-state index in [9.17, 15) is 45.9 Å². The quantitative estimate of drug-likeness (QED) is 0.0595. The number of nitrogens with zero attached hydrogens (tertiary/aromatic N) is 20. The molecule has 35 heteroatoms. The Kier molecular flexibility index (Phi) is 24.9. The van der Waals surface area contributed by atoms with Gasteiger partial charge in [0.25, 0.3) is 17.7 Å². The largest absolute Gasteiger partial charge is 0.433 e. The van der Waals surface area contributed by atoms with Crippen molar-refractivity contribution in [1.29, 1.82) is 0 Å². The van der Waals surface area contributed by atoms with Crippen molar-refractivity contribution in [2.45, 2.75) is 47.7 Å². The van der Waals surface area contributed by atoms with Crippen LogP contribution in [-0.4, -0.2) is 126 Å². The van der Waals surface area contributed by atoms with Gasteiger partial charge in [-0.1, -0.05) is 48.5 Å².